The third kappa shape index (κ3) is 5.85. The van der Waals surface area contributed by atoms with E-state index in [4.69, 9.17) is 0 Å². The number of benzene rings is 1. The maximum atomic E-state index is 12.7. The number of hydrogen-bond acceptors (Lipinski definition) is 7. The van der Waals surface area contributed by atoms with Crippen LogP contribution in [-0.4, -0.2) is 39.8 Å². The fourth-order valence-corrected chi connectivity index (χ4v) is 5.33. The van der Waals surface area contributed by atoms with Gasteiger partial charge in [0.25, 0.3) is 5.91 Å². The van der Waals surface area contributed by atoms with Gasteiger partial charge in [-0.2, -0.15) is 0 Å². The first-order valence-electron chi connectivity index (χ1n) is 11.0. The summed E-state index contributed by atoms with van der Waals surface area (Å²) in [4.78, 5) is 37.2. The van der Waals surface area contributed by atoms with E-state index < -0.39 is 0 Å². The minimum absolute atomic E-state index is 0.0441. The normalized spacial score (nSPS) is 16.7. The fourth-order valence-electron chi connectivity index (χ4n) is 3.89. The van der Waals surface area contributed by atoms with Gasteiger partial charge in [0, 0.05) is 22.0 Å². The smallest absolute Gasteiger partial charge is 0.257 e. The van der Waals surface area contributed by atoms with Crippen molar-refractivity contribution in [3.05, 3.63) is 57.5 Å². The van der Waals surface area contributed by atoms with Crippen LogP contribution in [0.15, 0.2) is 35.8 Å². The Bertz CT molecular complexity index is 1130. The molecule has 9 heteroatoms. The summed E-state index contributed by atoms with van der Waals surface area (Å²) >= 11 is 2.88. The number of nitrogens with zero attached hydrogens (tertiary/aromatic N) is 3. The summed E-state index contributed by atoms with van der Waals surface area (Å²) in [5, 5.41) is 8.97. The molecule has 7 nitrogen and oxygen atoms in total. The number of anilines is 2. The highest BCUT2D eigenvalue weighted by Gasteiger charge is 2.30. The number of carbonyl (C=O) groups excluding carboxylic acids is 2. The molecule has 1 aromatic carbocycles. The molecule has 3 aromatic rings. The van der Waals surface area contributed by atoms with Crippen molar-refractivity contribution in [1.29, 1.82) is 0 Å². The van der Waals surface area contributed by atoms with Crippen molar-refractivity contribution in [1.82, 2.24) is 14.9 Å². The molecule has 1 atom stereocenters. The third-order valence-corrected chi connectivity index (χ3v) is 7.28. The predicted octanol–water partition coefficient (Wildman–Crippen LogP) is 5.23. The van der Waals surface area contributed by atoms with Gasteiger partial charge in [-0.05, 0) is 49.4 Å². The van der Waals surface area contributed by atoms with Crippen molar-refractivity contribution in [3.8, 4) is 0 Å². The van der Waals surface area contributed by atoms with Crippen LogP contribution in [0.1, 0.15) is 66.1 Å². The quantitative estimate of drug-likeness (QED) is 0.501. The molecule has 0 unspecified atom stereocenters. The van der Waals surface area contributed by atoms with Crippen molar-refractivity contribution in [3.63, 3.8) is 0 Å². The lowest BCUT2D eigenvalue weighted by Gasteiger charge is -2.22. The van der Waals surface area contributed by atoms with Gasteiger partial charge in [-0.3, -0.25) is 19.8 Å². The zero-order valence-electron chi connectivity index (χ0n) is 19.3. The van der Waals surface area contributed by atoms with Gasteiger partial charge in [0.1, 0.15) is 0 Å². The second-order valence-corrected chi connectivity index (χ2v) is 11.4. The van der Waals surface area contributed by atoms with E-state index in [9.17, 15) is 9.59 Å². The van der Waals surface area contributed by atoms with Crippen LogP contribution in [0.3, 0.4) is 0 Å². The summed E-state index contributed by atoms with van der Waals surface area (Å²) in [7, 11) is 0. The van der Waals surface area contributed by atoms with Crippen molar-refractivity contribution in [2.75, 3.05) is 23.7 Å². The number of thiazole rings is 2. The first-order chi connectivity index (χ1) is 15.7. The molecule has 0 aliphatic carbocycles. The topological polar surface area (TPSA) is 87.2 Å². The number of aryl methyl sites for hydroxylation is 1. The van der Waals surface area contributed by atoms with Crippen LogP contribution in [0.25, 0.3) is 0 Å². The molecule has 1 aliphatic rings. The summed E-state index contributed by atoms with van der Waals surface area (Å²) in [5.74, 6) is -0.239. The monoisotopic (exact) mass is 483 g/mol. The molecule has 1 fully saturated rings. The van der Waals surface area contributed by atoms with Crippen LogP contribution in [0.4, 0.5) is 10.3 Å². The lowest BCUT2D eigenvalue weighted by molar-refractivity contribution is -0.117. The zero-order chi connectivity index (χ0) is 23.6. The van der Waals surface area contributed by atoms with Crippen LogP contribution in [0.2, 0.25) is 0 Å². The summed E-state index contributed by atoms with van der Waals surface area (Å²) in [6.45, 7) is 9.54. The largest absolute Gasteiger partial charge is 0.301 e. The van der Waals surface area contributed by atoms with Crippen LogP contribution in [0, 0.1) is 6.92 Å². The van der Waals surface area contributed by atoms with Crippen LogP contribution in [-0.2, 0) is 10.2 Å². The Labute approximate surface area is 202 Å². The van der Waals surface area contributed by atoms with Gasteiger partial charge in [-0.25, -0.2) is 9.97 Å². The number of nitrogens with one attached hydrogen (secondary N) is 2. The van der Waals surface area contributed by atoms with Gasteiger partial charge < -0.3 is 5.32 Å². The van der Waals surface area contributed by atoms with Gasteiger partial charge in [-0.1, -0.05) is 32.9 Å². The number of aromatic nitrogens is 2. The maximum absolute atomic E-state index is 12.7. The summed E-state index contributed by atoms with van der Waals surface area (Å²) in [6.07, 6.45) is 3.70. The van der Waals surface area contributed by atoms with Crippen molar-refractivity contribution >= 4 is 44.8 Å². The molecule has 0 radical (unpaired) electrons. The van der Waals surface area contributed by atoms with Gasteiger partial charge >= 0.3 is 0 Å². The molecular formula is C24H29N5O2S2. The molecule has 33 heavy (non-hydrogen) atoms. The minimum Gasteiger partial charge on any atom is -0.301 e. The van der Waals surface area contributed by atoms with Crippen molar-refractivity contribution in [2.24, 2.45) is 0 Å². The number of likely N-dealkylation sites (tertiary alicyclic amines) is 1. The Morgan fingerprint density at radius 3 is 2.58 bits per heavy atom. The highest BCUT2D eigenvalue weighted by atomic mass is 32.1. The Hall–Kier alpha value is -2.62. The highest BCUT2D eigenvalue weighted by molar-refractivity contribution is 7.15. The lowest BCUT2D eigenvalue weighted by atomic mass is 9.87. The van der Waals surface area contributed by atoms with Gasteiger partial charge in [0.2, 0.25) is 5.91 Å². The summed E-state index contributed by atoms with van der Waals surface area (Å²) in [6, 6.07) is 7.77. The molecular weight excluding hydrogens is 454 g/mol. The summed E-state index contributed by atoms with van der Waals surface area (Å²) < 4.78 is 0. The molecule has 174 valence electrons. The Kier molecular flexibility index (Phi) is 6.92. The first-order valence-corrected chi connectivity index (χ1v) is 12.7. The van der Waals surface area contributed by atoms with Crippen molar-refractivity contribution in [2.45, 2.75) is 52.0 Å². The average molecular weight is 484 g/mol. The minimum atomic E-state index is -0.169. The second kappa shape index (κ2) is 9.70. The third-order valence-electron chi connectivity index (χ3n) is 5.67. The molecule has 2 aromatic heterocycles. The van der Waals surface area contributed by atoms with E-state index in [2.05, 4.69) is 46.3 Å². The SMILES string of the molecule is Cc1cnc(NC(=O)CN2CCC[C@@H]2c2csc(NC(=O)c3ccc(C(C)(C)C)cc3)n2)s1. The van der Waals surface area contributed by atoms with E-state index >= 15 is 0 Å². The molecule has 0 saturated carbocycles. The molecule has 2 amide bonds. The maximum Gasteiger partial charge on any atom is 0.257 e. The standard InChI is InChI=1S/C24H29N5O2S2/c1-15-12-25-22(33-15)27-20(30)13-29-11-5-6-19(29)18-14-32-23(26-18)28-21(31)16-7-9-17(10-8-16)24(2,3)4/h7-10,12,14,19H,5-6,11,13H2,1-4H3,(H,25,27,30)(H,26,28,31)/t19-/m1/s1. The Morgan fingerprint density at radius 1 is 1.15 bits per heavy atom. The predicted molar refractivity (Wildman–Crippen MR) is 134 cm³/mol. The Balaban J connectivity index is 1.36. The second-order valence-electron chi connectivity index (χ2n) is 9.31. The van der Waals surface area contributed by atoms with Gasteiger partial charge in [0.05, 0.1) is 18.3 Å². The van der Waals surface area contributed by atoms with Gasteiger partial charge in [0.15, 0.2) is 10.3 Å². The first kappa shape index (κ1) is 23.5. The highest BCUT2D eigenvalue weighted by Crippen LogP contribution is 2.33. The van der Waals surface area contributed by atoms with Crippen LogP contribution >= 0.6 is 22.7 Å². The molecule has 2 N–H and O–H groups in total. The molecule has 1 saturated heterocycles. The molecule has 1 aliphatic heterocycles. The van der Waals surface area contributed by atoms with E-state index in [1.807, 2.05) is 36.6 Å². The molecule has 0 spiro atoms. The van der Waals surface area contributed by atoms with Crippen molar-refractivity contribution < 1.29 is 9.59 Å². The van der Waals surface area contributed by atoms with E-state index in [0.717, 1.165) is 30.0 Å². The molecule has 4 rings (SSSR count). The van der Waals surface area contributed by atoms with E-state index in [0.29, 0.717) is 22.4 Å². The molecule has 3 heterocycles. The zero-order valence-corrected chi connectivity index (χ0v) is 21.0. The van der Waals surface area contributed by atoms with Gasteiger partial charge in [-0.15, -0.1) is 22.7 Å². The van der Waals surface area contributed by atoms with E-state index in [1.54, 1.807) is 6.20 Å². The number of carbonyl (C=O) groups is 2. The fraction of sp³-hybridized carbons (Fsp3) is 0.417. The average Bonchev–Trinajstić information content (AvgIpc) is 3.49. The summed E-state index contributed by atoms with van der Waals surface area (Å²) in [5.41, 5.74) is 2.73. The van der Waals surface area contributed by atoms with Crippen LogP contribution in [0.5, 0.6) is 0 Å². The van der Waals surface area contributed by atoms with E-state index in [-0.39, 0.29) is 23.3 Å². The number of amides is 2. The number of rotatable bonds is 6. The number of hydrogen-bond donors (Lipinski definition) is 2. The Morgan fingerprint density at radius 2 is 1.91 bits per heavy atom. The van der Waals surface area contributed by atoms with E-state index in [1.165, 1.54) is 28.2 Å². The molecule has 0 bridgehead atoms. The lowest BCUT2D eigenvalue weighted by Crippen LogP contribution is -2.33. The van der Waals surface area contributed by atoms with Crippen LogP contribution < -0.4 is 10.6 Å².